The lowest BCUT2D eigenvalue weighted by molar-refractivity contribution is 0.0728. The molecule has 2 heterocycles. The quantitative estimate of drug-likeness (QED) is 0.906. The van der Waals surface area contributed by atoms with Crippen molar-refractivity contribution >= 4 is 11.7 Å². The molecule has 1 aromatic carbocycles. The van der Waals surface area contributed by atoms with Crippen LogP contribution in [0.5, 0.6) is 0 Å². The molecule has 0 bridgehead atoms. The van der Waals surface area contributed by atoms with E-state index in [1.54, 1.807) is 12.4 Å². The molecule has 3 rings (SSSR count). The maximum absolute atomic E-state index is 12.6. The first-order valence-electron chi connectivity index (χ1n) is 8.20. The second-order valence-electron chi connectivity index (χ2n) is 6.26. The van der Waals surface area contributed by atoms with Crippen LogP contribution < -0.4 is 5.32 Å². The number of benzene rings is 1. The Hall–Kier alpha value is -2.47. The number of carbonyl (C=O) groups excluding carboxylic acids is 1. The molecule has 0 atom stereocenters. The lowest BCUT2D eigenvalue weighted by Crippen LogP contribution is -2.36. The molecule has 0 aliphatic carbocycles. The van der Waals surface area contributed by atoms with Gasteiger partial charge in [0, 0.05) is 26.2 Å². The molecule has 0 radical (unpaired) electrons. The number of hydrogen-bond acceptors (Lipinski definition) is 5. The van der Waals surface area contributed by atoms with Crippen molar-refractivity contribution in [3.8, 4) is 0 Å². The van der Waals surface area contributed by atoms with Crippen molar-refractivity contribution in [1.82, 2.24) is 19.8 Å². The zero-order valence-corrected chi connectivity index (χ0v) is 14.2. The first kappa shape index (κ1) is 16.4. The van der Waals surface area contributed by atoms with Crippen LogP contribution in [-0.4, -0.2) is 59.4 Å². The van der Waals surface area contributed by atoms with E-state index in [1.165, 1.54) is 11.1 Å². The molecule has 0 saturated carbocycles. The van der Waals surface area contributed by atoms with Crippen LogP contribution in [-0.2, 0) is 13.0 Å². The van der Waals surface area contributed by atoms with E-state index in [0.717, 1.165) is 26.1 Å². The highest BCUT2D eigenvalue weighted by Gasteiger charge is 2.22. The Bertz CT molecular complexity index is 699. The highest BCUT2D eigenvalue weighted by atomic mass is 16.2. The van der Waals surface area contributed by atoms with Gasteiger partial charge in [-0.05, 0) is 31.6 Å². The van der Waals surface area contributed by atoms with Crippen molar-refractivity contribution in [2.75, 3.05) is 39.0 Å². The minimum Gasteiger partial charge on any atom is -0.368 e. The van der Waals surface area contributed by atoms with E-state index in [4.69, 9.17) is 0 Å². The number of aromatic nitrogens is 2. The summed E-state index contributed by atoms with van der Waals surface area (Å²) >= 11 is 0. The molecule has 126 valence electrons. The van der Waals surface area contributed by atoms with E-state index in [0.29, 0.717) is 18.1 Å². The van der Waals surface area contributed by atoms with Gasteiger partial charge in [-0.15, -0.1) is 0 Å². The molecular formula is C18H23N5O. The third-order valence-corrected chi connectivity index (χ3v) is 4.15. The number of nitrogens with zero attached hydrogens (tertiary/aromatic N) is 4. The molecule has 0 spiro atoms. The van der Waals surface area contributed by atoms with Gasteiger partial charge in [-0.1, -0.05) is 24.3 Å². The standard InChI is InChI=1S/C18H23N5O/c1-22(2)10-8-19-17-12-20-16(11-21-17)18(24)23-9-7-14-5-3-4-6-15(14)13-23/h3-6,11-12H,7-10,13H2,1-2H3,(H,19,21). The summed E-state index contributed by atoms with van der Waals surface area (Å²) in [6, 6.07) is 8.27. The Morgan fingerprint density at radius 1 is 1.21 bits per heavy atom. The Morgan fingerprint density at radius 2 is 2.00 bits per heavy atom. The Labute approximate surface area is 142 Å². The van der Waals surface area contributed by atoms with Gasteiger partial charge in [-0.3, -0.25) is 4.79 Å². The third-order valence-electron chi connectivity index (χ3n) is 4.15. The van der Waals surface area contributed by atoms with E-state index in [2.05, 4.69) is 32.3 Å². The third kappa shape index (κ3) is 3.89. The number of rotatable bonds is 5. The van der Waals surface area contributed by atoms with Crippen molar-refractivity contribution in [3.63, 3.8) is 0 Å². The van der Waals surface area contributed by atoms with Gasteiger partial charge in [0.05, 0.1) is 12.4 Å². The van der Waals surface area contributed by atoms with Crippen LogP contribution in [0.4, 0.5) is 5.82 Å². The van der Waals surface area contributed by atoms with Gasteiger partial charge in [0.25, 0.3) is 5.91 Å². The van der Waals surface area contributed by atoms with Gasteiger partial charge in [-0.2, -0.15) is 0 Å². The molecule has 0 saturated heterocycles. The first-order chi connectivity index (χ1) is 11.6. The highest BCUT2D eigenvalue weighted by molar-refractivity contribution is 5.92. The van der Waals surface area contributed by atoms with Crippen molar-refractivity contribution in [3.05, 3.63) is 53.5 Å². The number of hydrogen-bond donors (Lipinski definition) is 1. The topological polar surface area (TPSA) is 61.4 Å². The molecule has 1 aromatic heterocycles. The number of fused-ring (bicyclic) bond motifs is 1. The molecule has 6 heteroatoms. The smallest absolute Gasteiger partial charge is 0.274 e. The van der Waals surface area contributed by atoms with E-state index in [1.807, 2.05) is 31.1 Å². The molecule has 1 N–H and O–H groups in total. The van der Waals surface area contributed by atoms with Gasteiger partial charge in [0.2, 0.25) is 0 Å². The lowest BCUT2D eigenvalue weighted by Gasteiger charge is -2.28. The van der Waals surface area contributed by atoms with Crippen LogP contribution in [0.25, 0.3) is 0 Å². The fourth-order valence-corrected chi connectivity index (χ4v) is 2.77. The maximum Gasteiger partial charge on any atom is 0.274 e. The van der Waals surface area contributed by atoms with E-state index < -0.39 is 0 Å². The van der Waals surface area contributed by atoms with Gasteiger partial charge in [0.15, 0.2) is 0 Å². The van der Waals surface area contributed by atoms with Crippen molar-refractivity contribution in [2.24, 2.45) is 0 Å². The van der Waals surface area contributed by atoms with Gasteiger partial charge in [-0.25, -0.2) is 9.97 Å². The second-order valence-corrected chi connectivity index (χ2v) is 6.26. The van der Waals surface area contributed by atoms with E-state index in [-0.39, 0.29) is 5.91 Å². The summed E-state index contributed by atoms with van der Waals surface area (Å²) in [5.41, 5.74) is 2.94. The van der Waals surface area contributed by atoms with Crippen LogP contribution in [0.15, 0.2) is 36.7 Å². The van der Waals surface area contributed by atoms with Crippen LogP contribution in [0, 0.1) is 0 Å². The summed E-state index contributed by atoms with van der Waals surface area (Å²) < 4.78 is 0. The zero-order valence-electron chi connectivity index (χ0n) is 14.2. The Kier molecular flexibility index (Phi) is 5.05. The van der Waals surface area contributed by atoms with Gasteiger partial charge < -0.3 is 15.1 Å². The predicted octanol–water partition coefficient (Wildman–Crippen LogP) is 1.65. The fraction of sp³-hybridized carbons (Fsp3) is 0.389. The maximum atomic E-state index is 12.6. The minimum atomic E-state index is -0.0585. The predicted molar refractivity (Wildman–Crippen MR) is 94.0 cm³/mol. The molecule has 1 aliphatic heterocycles. The molecule has 1 amide bonds. The largest absolute Gasteiger partial charge is 0.368 e. The summed E-state index contributed by atoms with van der Waals surface area (Å²) in [5, 5.41) is 3.19. The van der Waals surface area contributed by atoms with Crippen molar-refractivity contribution < 1.29 is 4.79 Å². The number of carbonyl (C=O) groups is 1. The van der Waals surface area contributed by atoms with Crippen LogP contribution in [0.1, 0.15) is 21.6 Å². The fourth-order valence-electron chi connectivity index (χ4n) is 2.77. The monoisotopic (exact) mass is 325 g/mol. The summed E-state index contributed by atoms with van der Waals surface area (Å²) in [6.07, 6.45) is 4.07. The molecule has 2 aromatic rings. The first-order valence-corrected chi connectivity index (χ1v) is 8.20. The minimum absolute atomic E-state index is 0.0585. The summed E-state index contributed by atoms with van der Waals surface area (Å²) in [6.45, 7) is 3.06. The lowest BCUT2D eigenvalue weighted by atomic mass is 10.00. The van der Waals surface area contributed by atoms with Crippen molar-refractivity contribution in [1.29, 1.82) is 0 Å². The molecule has 24 heavy (non-hydrogen) atoms. The van der Waals surface area contributed by atoms with E-state index >= 15 is 0 Å². The zero-order chi connectivity index (χ0) is 16.9. The van der Waals surface area contributed by atoms with Gasteiger partial charge in [0.1, 0.15) is 11.5 Å². The highest BCUT2D eigenvalue weighted by Crippen LogP contribution is 2.19. The van der Waals surface area contributed by atoms with E-state index in [9.17, 15) is 4.79 Å². The van der Waals surface area contributed by atoms with Crippen molar-refractivity contribution in [2.45, 2.75) is 13.0 Å². The molecule has 6 nitrogen and oxygen atoms in total. The van der Waals surface area contributed by atoms with Crippen LogP contribution in [0.2, 0.25) is 0 Å². The van der Waals surface area contributed by atoms with Crippen LogP contribution in [0.3, 0.4) is 0 Å². The van der Waals surface area contributed by atoms with Crippen LogP contribution >= 0.6 is 0 Å². The summed E-state index contributed by atoms with van der Waals surface area (Å²) in [7, 11) is 4.04. The normalized spacial score (nSPS) is 13.7. The number of amides is 1. The molecule has 0 fully saturated rings. The SMILES string of the molecule is CN(C)CCNc1cnc(C(=O)N2CCc3ccccc3C2)cn1. The Morgan fingerprint density at radius 3 is 2.71 bits per heavy atom. The molecular weight excluding hydrogens is 302 g/mol. The number of nitrogens with one attached hydrogen (secondary N) is 1. The molecule has 0 unspecified atom stereocenters. The molecule has 1 aliphatic rings. The second kappa shape index (κ2) is 7.40. The summed E-state index contributed by atoms with van der Waals surface area (Å²) in [5.74, 6) is 0.634. The average molecular weight is 325 g/mol. The number of anilines is 1. The Balaban J connectivity index is 1.61. The number of likely N-dealkylation sites (N-methyl/N-ethyl adjacent to an activating group) is 1. The summed E-state index contributed by atoms with van der Waals surface area (Å²) in [4.78, 5) is 25.1. The van der Waals surface area contributed by atoms with Gasteiger partial charge >= 0.3 is 0 Å². The average Bonchev–Trinajstić information content (AvgIpc) is 2.61.